The fourth-order valence-electron chi connectivity index (χ4n) is 3.07. The summed E-state index contributed by atoms with van der Waals surface area (Å²) in [7, 11) is 0. The van der Waals surface area contributed by atoms with Gasteiger partial charge in [-0.1, -0.05) is 64.5 Å². The second kappa shape index (κ2) is 8.11. The Hall–Kier alpha value is -2.04. The van der Waals surface area contributed by atoms with Gasteiger partial charge in [0, 0.05) is 34.4 Å². The molecule has 1 unspecified atom stereocenters. The molecule has 26 heavy (non-hydrogen) atoms. The largest absolute Gasteiger partial charge is 0.336 e. The molecule has 0 bridgehead atoms. The van der Waals surface area contributed by atoms with Crippen molar-refractivity contribution in [1.29, 1.82) is 0 Å². The maximum absolute atomic E-state index is 4.20. The van der Waals surface area contributed by atoms with Crippen molar-refractivity contribution >= 4 is 38.5 Å². The van der Waals surface area contributed by atoms with Gasteiger partial charge in [0.15, 0.2) is 0 Å². The minimum absolute atomic E-state index is 0.368. The van der Waals surface area contributed by atoms with Crippen LogP contribution in [0.25, 0.3) is 10.8 Å². The number of imidazole rings is 1. The first-order valence-corrected chi connectivity index (χ1v) is 10.4. The van der Waals surface area contributed by atoms with Crippen LogP contribution in [0.2, 0.25) is 0 Å². The Kier molecular flexibility index (Phi) is 5.42. The quantitative estimate of drug-likeness (QED) is 0.354. The van der Waals surface area contributed by atoms with Crippen molar-refractivity contribution in [2.45, 2.75) is 17.5 Å². The summed E-state index contributed by atoms with van der Waals surface area (Å²) in [5.74, 6) is 0.978. The van der Waals surface area contributed by atoms with Gasteiger partial charge in [-0.05, 0) is 40.1 Å². The lowest BCUT2D eigenvalue weighted by molar-refractivity contribution is 0.683. The van der Waals surface area contributed by atoms with Crippen LogP contribution in [0.15, 0.2) is 89.9 Å². The summed E-state index contributed by atoms with van der Waals surface area (Å²) in [6.45, 7) is 0.914. The van der Waals surface area contributed by atoms with Crippen LogP contribution in [0.1, 0.15) is 16.4 Å². The standard InChI is InChI=1S/C22H19BrN2S/c23-21-7-3-4-17(12-21)15-26-22(14-25-11-10-24-16-25)20-9-8-18-5-1-2-6-19(18)13-20/h1-13,16,22H,14-15H2. The molecule has 4 heteroatoms. The van der Waals surface area contributed by atoms with Crippen molar-refractivity contribution in [2.75, 3.05) is 0 Å². The zero-order valence-corrected chi connectivity index (χ0v) is 16.7. The van der Waals surface area contributed by atoms with Gasteiger partial charge in [-0.2, -0.15) is 0 Å². The molecule has 0 N–H and O–H groups in total. The topological polar surface area (TPSA) is 17.8 Å². The van der Waals surface area contributed by atoms with E-state index in [1.807, 2.05) is 30.5 Å². The van der Waals surface area contributed by atoms with Crippen LogP contribution in [-0.2, 0) is 12.3 Å². The molecule has 2 nitrogen and oxygen atoms in total. The number of nitrogens with zero attached hydrogens (tertiary/aromatic N) is 2. The van der Waals surface area contributed by atoms with E-state index in [0.29, 0.717) is 5.25 Å². The zero-order valence-electron chi connectivity index (χ0n) is 14.3. The molecule has 3 aromatic carbocycles. The third-order valence-corrected chi connectivity index (χ3v) is 6.24. The summed E-state index contributed by atoms with van der Waals surface area (Å²) in [6, 6.07) is 23.9. The van der Waals surface area contributed by atoms with E-state index in [0.717, 1.165) is 16.8 Å². The van der Waals surface area contributed by atoms with E-state index < -0.39 is 0 Å². The average Bonchev–Trinajstić information content (AvgIpc) is 3.18. The fraction of sp³-hybridized carbons (Fsp3) is 0.136. The van der Waals surface area contributed by atoms with Crippen molar-refractivity contribution < 1.29 is 0 Å². The number of benzene rings is 3. The Bertz CT molecular complexity index is 998. The number of halogens is 1. The third kappa shape index (κ3) is 4.19. The molecular formula is C22H19BrN2S. The first kappa shape index (κ1) is 17.4. The van der Waals surface area contributed by atoms with Gasteiger partial charge in [0.2, 0.25) is 0 Å². The summed E-state index contributed by atoms with van der Waals surface area (Å²) in [5, 5.41) is 2.95. The molecule has 0 amide bonds. The zero-order chi connectivity index (χ0) is 17.8. The monoisotopic (exact) mass is 422 g/mol. The molecular weight excluding hydrogens is 404 g/mol. The summed E-state index contributed by atoms with van der Waals surface area (Å²) in [5.41, 5.74) is 2.69. The Morgan fingerprint density at radius 2 is 1.85 bits per heavy atom. The molecule has 1 atom stereocenters. The minimum atomic E-state index is 0.368. The lowest BCUT2D eigenvalue weighted by Crippen LogP contribution is -2.05. The van der Waals surface area contributed by atoms with Gasteiger partial charge in [0.25, 0.3) is 0 Å². The lowest BCUT2D eigenvalue weighted by atomic mass is 10.0. The molecule has 0 aliphatic rings. The van der Waals surface area contributed by atoms with E-state index >= 15 is 0 Å². The van der Waals surface area contributed by atoms with Crippen molar-refractivity contribution in [3.63, 3.8) is 0 Å². The molecule has 0 radical (unpaired) electrons. The molecule has 0 fully saturated rings. The van der Waals surface area contributed by atoms with E-state index in [1.165, 1.54) is 21.9 Å². The number of rotatable bonds is 6. The minimum Gasteiger partial charge on any atom is -0.336 e. The molecule has 0 aliphatic heterocycles. The van der Waals surface area contributed by atoms with E-state index in [-0.39, 0.29) is 0 Å². The third-order valence-electron chi connectivity index (χ3n) is 4.42. The molecule has 0 saturated heterocycles. The van der Waals surface area contributed by atoms with Gasteiger partial charge in [-0.25, -0.2) is 4.98 Å². The Morgan fingerprint density at radius 3 is 2.65 bits per heavy atom. The highest BCUT2D eigenvalue weighted by molar-refractivity contribution is 9.10. The Labute approximate surface area is 166 Å². The van der Waals surface area contributed by atoms with Crippen LogP contribution in [-0.4, -0.2) is 9.55 Å². The summed E-state index contributed by atoms with van der Waals surface area (Å²) in [4.78, 5) is 4.20. The Balaban J connectivity index is 1.60. The van der Waals surface area contributed by atoms with Gasteiger partial charge in [-0.15, -0.1) is 11.8 Å². The number of fused-ring (bicyclic) bond motifs is 1. The smallest absolute Gasteiger partial charge is 0.0946 e. The van der Waals surface area contributed by atoms with Crippen LogP contribution >= 0.6 is 27.7 Å². The molecule has 4 aromatic rings. The lowest BCUT2D eigenvalue weighted by Gasteiger charge is -2.18. The predicted octanol–water partition coefficient (Wildman–Crippen LogP) is 6.47. The number of aromatic nitrogens is 2. The molecule has 1 heterocycles. The first-order valence-electron chi connectivity index (χ1n) is 8.58. The van der Waals surface area contributed by atoms with Gasteiger partial charge in [-0.3, -0.25) is 0 Å². The molecule has 1 aromatic heterocycles. The molecule has 130 valence electrons. The molecule has 0 saturated carbocycles. The van der Waals surface area contributed by atoms with E-state index in [1.54, 1.807) is 0 Å². The first-order chi connectivity index (χ1) is 12.8. The second-order valence-corrected chi connectivity index (χ2v) is 8.40. The van der Waals surface area contributed by atoms with Gasteiger partial charge < -0.3 is 4.57 Å². The predicted molar refractivity (Wildman–Crippen MR) is 114 cm³/mol. The SMILES string of the molecule is Brc1cccc(CSC(Cn2ccnc2)c2ccc3ccccc3c2)c1. The summed E-state index contributed by atoms with van der Waals surface area (Å²) < 4.78 is 3.29. The molecule has 4 rings (SSSR count). The maximum atomic E-state index is 4.20. The van der Waals surface area contributed by atoms with Gasteiger partial charge >= 0.3 is 0 Å². The maximum Gasteiger partial charge on any atom is 0.0946 e. The van der Waals surface area contributed by atoms with E-state index in [9.17, 15) is 0 Å². The normalized spacial score (nSPS) is 12.3. The summed E-state index contributed by atoms with van der Waals surface area (Å²) >= 11 is 5.54. The second-order valence-electron chi connectivity index (χ2n) is 6.30. The fourth-order valence-corrected chi connectivity index (χ4v) is 4.71. The van der Waals surface area contributed by atoms with Crippen LogP contribution in [0.5, 0.6) is 0 Å². The van der Waals surface area contributed by atoms with E-state index in [4.69, 9.17) is 0 Å². The Morgan fingerprint density at radius 1 is 0.962 bits per heavy atom. The van der Waals surface area contributed by atoms with Crippen LogP contribution < -0.4 is 0 Å². The molecule has 0 aliphatic carbocycles. The van der Waals surface area contributed by atoms with Crippen LogP contribution in [0.3, 0.4) is 0 Å². The van der Waals surface area contributed by atoms with Gasteiger partial charge in [0.05, 0.1) is 6.33 Å². The average molecular weight is 423 g/mol. The number of hydrogen-bond donors (Lipinski definition) is 0. The number of hydrogen-bond acceptors (Lipinski definition) is 2. The van der Waals surface area contributed by atoms with Crippen LogP contribution in [0.4, 0.5) is 0 Å². The summed E-state index contributed by atoms with van der Waals surface area (Å²) in [6.07, 6.45) is 5.78. The highest BCUT2D eigenvalue weighted by Gasteiger charge is 2.14. The highest BCUT2D eigenvalue weighted by atomic mass is 79.9. The van der Waals surface area contributed by atoms with E-state index in [2.05, 4.69) is 92.2 Å². The van der Waals surface area contributed by atoms with Crippen molar-refractivity contribution in [3.05, 3.63) is 101 Å². The van der Waals surface area contributed by atoms with Crippen molar-refractivity contribution in [1.82, 2.24) is 9.55 Å². The molecule has 0 spiro atoms. The number of thioether (sulfide) groups is 1. The highest BCUT2D eigenvalue weighted by Crippen LogP contribution is 2.35. The van der Waals surface area contributed by atoms with Gasteiger partial charge in [0.1, 0.15) is 0 Å². The van der Waals surface area contributed by atoms with Crippen molar-refractivity contribution in [3.8, 4) is 0 Å². The van der Waals surface area contributed by atoms with Crippen LogP contribution in [0, 0.1) is 0 Å². The van der Waals surface area contributed by atoms with Crippen molar-refractivity contribution in [2.24, 2.45) is 0 Å².